The number of carbonyl (C=O) groups excluding carboxylic acids is 1. The molecule has 6 nitrogen and oxygen atoms in total. The Bertz CT molecular complexity index is 555. The third-order valence-corrected chi connectivity index (χ3v) is 4.04. The smallest absolute Gasteiger partial charge is 0.255 e. The lowest BCUT2D eigenvalue weighted by molar-refractivity contribution is -0.125. The second kappa shape index (κ2) is 6.87. The number of rotatable bonds is 5. The van der Waals surface area contributed by atoms with Crippen LogP contribution in [-0.4, -0.2) is 48.2 Å². The number of nitrogens with zero attached hydrogens (tertiary/aromatic N) is 2. The van der Waals surface area contributed by atoms with Crippen molar-refractivity contribution >= 4 is 5.91 Å². The molecule has 0 bridgehead atoms. The fourth-order valence-electron chi connectivity index (χ4n) is 2.70. The van der Waals surface area contributed by atoms with Gasteiger partial charge in [0.25, 0.3) is 5.56 Å². The molecule has 21 heavy (non-hydrogen) atoms. The molecule has 1 aliphatic rings. The van der Waals surface area contributed by atoms with E-state index in [4.69, 9.17) is 4.74 Å². The van der Waals surface area contributed by atoms with Gasteiger partial charge >= 0.3 is 0 Å². The molecule has 0 aliphatic carbocycles. The van der Waals surface area contributed by atoms with Crippen LogP contribution in [-0.2, 0) is 22.6 Å². The summed E-state index contributed by atoms with van der Waals surface area (Å²) in [4.78, 5) is 26.3. The monoisotopic (exact) mass is 293 g/mol. The van der Waals surface area contributed by atoms with Gasteiger partial charge in [0.2, 0.25) is 5.91 Å². The van der Waals surface area contributed by atoms with Gasteiger partial charge in [-0.15, -0.1) is 0 Å². The number of ether oxygens (including phenoxy) is 1. The van der Waals surface area contributed by atoms with Crippen molar-refractivity contribution in [2.45, 2.75) is 38.6 Å². The molecular weight excluding hydrogens is 270 g/mol. The van der Waals surface area contributed by atoms with Crippen molar-refractivity contribution in [3.63, 3.8) is 0 Å². The van der Waals surface area contributed by atoms with Gasteiger partial charge in [-0.1, -0.05) is 6.07 Å². The fraction of sp³-hybridized carbons (Fsp3) is 0.600. The zero-order valence-corrected chi connectivity index (χ0v) is 12.8. The summed E-state index contributed by atoms with van der Waals surface area (Å²) in [6.07, 6.45) is 2.54. The number of likely N-dealkylation sites (N-methyl/N-ethyl adjacent to an activating group) is 1. The van der Waals surface area contributed by atoms with E-state index < -0.39 is 0 Å². The normalized spacial score (nSPS) is 22.4. The van der Waals surface area contributed by atoms with E-state index in [1.54, 1.807) is 23.9 Å². The molecule has 1 amide bonds. The summed E-state index contributed by atoms with van der Waals surface area (Å²) in [6, 6.07) is 3.40. The maximum Gasteiger partial charge on any atom is 0.255 e. The first kappa shape index (κ1) is 15.7. The van der Waals surface area contributed by atoms with Crippen LogP contribution in [0.25, 0.3) is 0 Å². The Balaban J connectivity index is 1.97. The van der Waals surface area contributed by atoms with E-state index in [1.807, 2.05) is 24.9 Å². The predicted molar refractivity (Wildman–Crippen MR) is 80.1 cm³/mol. The zero-order chi connectivity index (χ0) is 15.4. The van der Waals surface area contributed by atoms with Crippen LogP contribution in [0, 0.1) is 0 Å². The molecule has 1 aromatic heterocycles. The van der Waals surface area contributed by atoms with Crippen LogP contribution in [0.15, 0.2) is 23.1 Å². The number of aromatic nitrogens is 1. The van der Waals surface area contributed by atoms with E-state index in [9.17, 15) is 9.59 Å². The Kier molecular flexibility index (Phi) is 5.14. The van der Waals surface area contributed by atoms with Crippen LogP contribution < -0.4 is 10.9 Å². The second-order valence-electron chi connectivity index (χ2n) is 5.39. The number of hydrogen-bond acceptors (Lipinski definition) is 4. The first-order valence-corrected chi connectivity index (χ1v) is 7.25. The fourth-order valence-corrected chi connectivity index (χ4v) is 2.70. The minimum absolute atomic E-state index is 0.0464. The van der Waals surface area contributed by atoms with Crippen molar-refractivity contribution in [1.29, 1.82) is 0 Å². The van der Waals surface area contributed by atoms with Gasteiger partial charge in [0.15, 0.2) is 0 Å². The van der Waals surface area contributed by atoms with E-state index >= 15 is 0 Å². The van der Waals surface area contributed by atoms with Crippen LogP contribution in [0.5, 0.6) is 0 Å². The van der Waals surface area contributed by atoms with E-state index in [0.29, 0.717) is 18.5 Å². The molecule has 0 radical (unpaired) electrons. The Morgan fingerprint density at radius 1 is 1.52 bits per heavy atom. The standard InChI is InChI=1S/C15H23N3O3/c1-4-18-7-5-6-11(15(18)20)9-16-14(19)13-8-12(21-3)10-17(13)2/h5-7,12-13H,4,8-10H2,1-3H3,(H,16,19)/t12-,13-/m0/s1. The number of aryl methyl sites for hydroxylation is 1. The van der Waals surface area contributed by atoms with Gasteiger partial charge in [-0.05, 0) is 26.5 Å². The summed E-state index contributed by atoms with van der Waals surface area (Å²) in [5.74, 6) is -0.0525. The zero-order valence-electron chi connectivity index (χ0n) is 12.8. The van der Waals surface area contributed by atoms with Crippen molar-refractivity contribution in [1.82, 2.24) is 14.8 Å². The third-order valence-electron chi connectivity index (χ3n) is 4.04. The number of hydrogen-bond donors (Lipinski definition) is 1. The lowest BCUT2D eigenvalue weighted by Crippen LogP contribution is -2.41. The molecule has 0 aromatic carbocycles. The van der Waals surface area contributed by atoms with E-state index in [-0.39, 0.29) is 30.2 Å². The Morgan fingerprint density at radius 3 is 2.90 bits per heavy atom. The van der Waals surface area contributed by atoms with Crippen LogP contribution >= 0.6 is 0 Å². The molecule has 2 heterocycles. The molecule has 2 atom stereocenters. The summed E-state index contributed by atoms with van der Waals surface area (Å²) in [5.41, 5.74) is 0.562. The SMILES string of the molecule is CCn1cccc(CNC(=O)[C@@H]2C[C@H](OC)CN2C)c1=O. The van der Waals surface area contributed by atoms with Crippen LogP contribution in [0.2, 0.25) is 0 Å². The van der Waals surface area contributed by atoms with Gasteiger partial charge < -0.3 is 14.6 Å². The van der Waals surface area contributed by atoms with E-state index in [2.05, 4.69) is 5.32 Å². The maximum atomic E-state index is 12.2. The minimum Gasteiger partial charge on any atom is -0.380 e. The minimum atomic E-state index is -0.188. The first-order chi connectivity index (χ1) is 10.1. The first-order valence-electron chi connectivity index (χ1n) is 7.25. The molecule has 0 unspecified atom stereocenters. The third kappa shape index (κ3) is 3.51. The topological polar surface area (TPSA) is 63.6 Å². The largest absolute Gasteiger partial charge is 0.380 e. The number of carbonyl (C=O) groups is 1. The van der Waals surface area contributed by atoms with Crippen molar-refractivity contribution < 1.29 is 9.53 Å². The average molecular weight is 293 g/mol. The highest BCUT2D eigenvalue weighted by Crippen LogP contribution is 2.18. The Labute approximate surface area is 124 Å². The Morgan fingerprint density at radius 2 is 2.29 bits per heavy atom. The number of nitrogens with one attached hydrogen (secondary N) is 1. The summed E-state index contributed by atoms with van der Waals surface area (Å²) in [6.45, 7) is 3.56. The lowest BCUT2D eigenvalue weighted by Gasteiger charge is -2.18. The summed E-state index contributed by atoms with van der Waals surface area (Å²) < 4.78 is 6.93. The molecule has 1 N–H and O–H groups in total. The van der Waals surface area contributed by atoms with Gasteiger partial charge in [0.1, 0.15) is 0 Å². The average Bonchev–Trinajstić information content (AvgIpc) is 2.87. The molecule has 1 saturated heterocycles. The van der Waals surface area contributed by atoms with Crippen molar-refractivity contribution in [2.75, 3.05) is 20.7 Å². The highest BCUT2D eigenvalue weighted by molar-refractivity contribution is 5.82. The summed E-state index contributed by atoms with van der Waals surface area (Å²) in [5, 5.41) is 2.86. The van der Waals surface area contributed by atoms with Crippen molar-refractivity contribution in [2.24, 2.45) is 0 Å². The second-order valence-corrected chi connectivity index (χ2v) is 5.39. The highest BCUT2D eigenvalue weighted by Gasteiger charge is 2.34. The van der Waals surface area contributed by atoms with Crippen molar-refractivity contribution in [3.8, 4) is 0 Å². The number of pyridine rings is 1. The molecule has 6 heteroatoms. The van der Waals surface area contributed by atoms with E-state index in [1.165, 1.54) is 0 Å². The van der Waals surface area contributed by atoms with Crippen molar-refractivity contribution in [3.05, 3.63) is 34.2 Å². The van der Waals surface area contributed by atoms with E-state index in [0.717, 1.165) is 6.54 Å². The Hall–Kier alpha value is -1.66. The molecular formula is C15H23N3O3. The van der Waals surface area contributed by atoms with Gasteiger partial charge in [-0.3, -0.25) is 14.5 Å². The van der Waals surface area contributed by atoms with Gasteiger partial charge in [-0.25, -0.2) is 0 Å². The van der Waals surface area contributed by atoms with Crippen LogP contribution in [0.3, 0.4) is 0 Å². The van der Waals surface area contributed by atoms with Crippen LogP contribution in [0.4, 0.5) is 0 Å². The molecule has 116 valence electrons. The molecule has 1 fully saturated rings. The van der Waals surface area contributed by atoms with Gasteiger partial charge in [-0.2, -0.15) is 0 Å². The number of amides is 1. The quantitative estimate of drug-likeness (QED) is 0.842. The molecule has 2 rings (SSSR count). The summed E-state index contributed by atoms with van der Waals surface area (Å²) >= 11 is 0. The lowest BCUT2D eigenvalue weighted by atomic mass is 10.2. The van der Waals surface area contributed by atoms with Gasteiger partial charge in [0, 0.05) is 38.5 Å². The van der Waals surface area contributed by atoms with Gasteiger partial charge in [0.05, 0.1) is 12.1 Å². The number of likely N-dealkylation sites (tertiary alicyclic amines) is 1. The maximum absolute atomic E-state index is 12.2. The summed E-state index contributed by atoms with van der Waals surface area (Å²) in [7, 11) is 3.58. The molecule has 0 saturated carbocycles. The number of methoxy groups -OCH3 is 1. The predicted octanol–water partition coefficient (Wildman–Crippen LogP) is 0.204. The molecule has 1 aliphatic heterocycles. The molecule has 0 spiro atoms. The van der Waals surface area contributed by atoms with Crippen LogP contribution in [0.1, 0.15) is 18.9 Å². The highest BCUT2D eigenvalue weighted by atomic mass is 16.5. The molecule has 1 aromatic rings.